The Kier molecular flexibility index (Phi) is 3.27. The molecule has 0 amide bonds. The van der Waals surface area contributed by atoms with Crippen LogP contribution in [0.1, 0.15) is 44.3 Å². The quantitative estimate of drug-likeness (QED) is 0.842. The van der Waals surface area contributed by atoms with Crippen molar-refractivity contribution in [3.8, 4) is 0 Å². The van der Waals surface area contributed by atoms with Crippen molar-refractivity contribution in [1.29, 1.82) is 0 Å². The van der Waals surface area contributed by atoms with E-state index < -0.39 is 0 Å². The predicted octanol–water partition coefficient (Wildman–Crippen LogP) is 2.52. The minimum atomic E-state index is 0.0598. The van der Waals surface area contributed by atoms with Crippen molar-refractivity contribution in [2.45, 2.75) is 43.9 Å². The molecule has 1 aliphatic carbocycles. The first-order valence-electron chi connectivity index (χ1n) is 7.24. The number of imidazole rings is 1. The maximum Gasteiger partial charge on any atom is 0.117 e. The number of fused-ring (bicyclic) bond motifs is 1. The Morgan fingerprint density at radius 3 is 2.63 bits per heavy atom. The van der Waals surface area contributed by atoms with Gasteiger partial charge in [0.05, 0.1) is 11.7 Å². The fourth-order valence-electron chi connectivity index (χ4n) is 3.45. The second kappa shape index (κ2) is 4.93. The Hall–Kier alpha value is -1.42. The van der Waals surface area contributed by atoms with E-state index in [2.05, 4.69) is 16.6 Å². The molecule has 1 saturated carbocycles. The second-order valence-electron chi connectivity index (χ2n) is 5.76. The first-order valence-corrected chi connectivity index (χ1v) is 7.24. The van der Waals surface area contributed by atoms with E-state index in [0.717, 1.165) is 29.7 Å². The summed E-state index contributed by atoms with van der Waals surface area (Å²) in [4.78, 5) is 9.01. The SMILES string of the molecule is Cn1c(C2(CN)CCCCCC2)nc2cnccc21. The van der Waals surface area contributed by atoms with Crippen molar-refractivity contribution in [3.63, 3.8) is 0 Å². The minimum absolute atomic E-state index is 0.0598. The lowest BCUT2D eigenvalue weighted by Crippen LogP contribution is -2.37. The van der Waals surface area contributed by atoms with Crippen LogP contribution in [-0.2, 0) is 12.5 Å². The molecule has 1 aliphatic rings. The molecule has 0 atom stereocenters. The van der Waals surface area contributed by atoms with E-state index in [1.165, 1.54) is 25.7 Å². The first kappa shape index (κ1) is 12.6. The van der Waals surface area contributed by atoms with Gasteiger partial charge in [0.15, 0.2) is 0 Å². The Morgan fingerprint density at radius 1 is 1.26 bits per heavy atom. The average molecular weight is 258 g/mol. The fourth-order valence-corrected chi connectivity index (χ4v) is 3.45. The summed E-state index contributed by atoms with van der Waals surface area (Å²) >= 11 is 0. The van der Waals surface area contributed by atoms with E-state index in [0.29, 0.717) is 6.54 Å². The van der Waals surface area contributed by atoms with Crippen LogP contribution in [0, 0.1) is 0 Å². The highest BCUT2D eigenvalue weighted by molar-refractivity contribution is 5.74. The van der Waals surface area contributed by atoms with Crippen molar-refractivity contribution < 1.29 is 0 Å². The van der Waals surface area contributed by atoms with Crippen molar-refractivity contribution >= 4 is 11.0 Å². The van der Waals surface area contributed by atoms with E-state index >= 15 is 0 Å². The zero-order valence-electron chi connectivity index (χ0n) is 11.6. The molecule has 2 heterocycles. The number of rotatable bonds is 2. The molecule has 0 radical (unpaired) electrons. The molecule has 0 spiro atoms. The smallest absolute Gasteiger partial charge is 0.117 e. The van der Waals surface area contributed by atoms with E-state index in [-0.39, 0.29) is 5.41 Å². The van der Waals surface area contributed by atoms with Gasteiger partial charge in [-0.05, 0) is 18.9 Å². The van der Waals surface area contributed by atoms with Crippen LogP contribution in [0.2, 0.25) is 0 Å². The van der Waals surface area contributed by atoms with Gasteiger partial charge in [-0.1, -0.05) is 25.7 Å². The van der Waals surface area contributed by atoms with Crippen molar-refractivity contribution in [1.82, 2.24) is 14.5 Å². The summed E-state index contributed by atoms with van der Waals surface area (Å²) in [6, 6.07) is 2.03. The van der Waals surface area contributed by atoms with Crippen LogP contribution in [0.3, 0.4) is 0 Å². The Labute approximate surface area is 114 Å². The summed E-state index contributed by atoms with van der Waals surface area (Å²) < 4.78 is 2.22. The third kappa shape index (κ3) is 2.04. The number of nitrogens with zero attached hydrogens (tertiary/aromatic N) is 3. The fraction of sp³-hybridized carbons (Fsp3) is 0.600. The lowest BCUT2D eigenvalue weighted by atomic mass is 9.79. The van der Waals surface area contributed by atoms with Crippen LogP contribution in [0.5, 0.6) is 0 Å². The number of aryl methyl sites for hydroxylation is 1. The van der Waals surface area contributed by atoms with Crippen LogP contribution in [0.15, 0.2) is 18.5 Å². The van der Waals surface area contributed by atoms with Gasteiger partial charge in [-0.3, -0.25) is 4.98 Å². The lowest BCUT2D eigenvalue weighted by Gasteiger charge is -2.30. The van der Waals surface area contributed by atoms with Crippen LogP contribution < -0.4 is 5.73 Å². The third-order valence-electron chi connectivity index (χ3n) is 4.61. The van der Waals surface area contributed by atoms with E-state index in [9.17, 15) is 0 Å². The molecule has 0 aromatic carbocycles. The van der Waals surface area contributed by atoms with Gasteiger partial charge in [0, 0.05) is 25.2 Å². The number of nitrogens with two attached hydrogens (primary N) is 1. The number of hydrogen-bond donors (Lipinski definition) is 1. The highest BCUT2D eigenvalue weighted by atomic mass is 15.1. The van der Waals surface area contributed by atoms with Gasteiger partial charge in [0.25, 0.3) is 0 Å². The summed E-state index contributed by atoms with van der Waals surface area (Å²) in [5, 5.41) is 0. The molecule has 4 heteroatoms. The molecule has 3 rings (SSSR count). The standard InChI is InChI=1S/C15H22N4/c1-19-13-6-9-17-10-12(13)18-14(19)15(11-16)7-4-2-3-5-8-15/h6,9-10H,2-5,7-8,11,16H2,1H3. The van der Waals surface area contributed by atoms with Gasteiger partial charge in [-0.25, -0.2) is 4.98 Å². The van der Waals surface area contributed by atoms with Crippen LogP contribution in [0.4, 0.5) is 0 Å². The molecular weight excluding hydrogens is 236 g/mol. The molecule has 2 aromatic rings. The molecule has 0 aliphatic heterocycles. The van der Waals surface area contributed by atoms with Crippen molar-refractivity contribution in [2.75, 3.05) is 6.54 Å². The van der Waals surface area contributed by atoms with E-state index in [4.69, 9.17) is 10.7 Å². The summed E-state index contributed by atoms with van der Waals surface area (Å²) in [6.07, 6.45) is 11.2. The highest BCUT2D eigenvalue weighted by Crippen LogP contribution is 2.37. The molecule has 102 valence electrons. The Morgan fingerprint density at radius 2 is 2.00 bits per heavy atom. The average Bonchev–Trinajstić information content (AvgIpc) is 2.65. The van der Waals surface area contributed by atoms with Gasteiger partial charge >= 0.3 is 0 Å². The zero-order chi connectivity index (χ0) is 13.3. The molecule has 19 heavy (non-hydrogen) atoms. The molecule has 0 saturated heterocycles. The molecule has 2 aromatic heterocycles. The van der Waals surface area contributed by atoms with Crippen molar-refractivity contribution in [3.05, 3.63) is 24.3 Å². The summed E-state index contributed by atoms with van der Waals surface area (Å²) in [5.41, 5.74) is 8.36. The summed E-state index contributed by atoms with van der Waals surface area (Å²) in [5.74, 6) is 1.15. The van der Waals surface area contributed by atoms with Gasteiger partial charge in [-0.2, -0.15) is 0 Å². The zero-order valence-corrected chi connectivity index (χ0v) is 11.6. The van der Waals surface area contributed by atoms with Crippen LogP contribution >= 0.6 is 0 Å². The van der Waals surface area contributed by atoms with E-state index in [1.807, 2.05) is 18.5 Å². The number of pyridine rings is 1. The Bertz CT molecular complexity index is 565. The van der Waals surface area contributed by atoms with Gasteiger partial charge in [0.1, 0.15) is 11.3 Å². The van der Waals surface area contributed by atoms with Crippen molar-refractivity contribution in [2.24, 2.45) is 12.8 Å². The minimum Gasteiger partial charge on any atom is -0.331 e. The number of hydrogen-bond acceptors (Lipinski definition) is 3. The molecule has 0 unspecified atom stereocenters. The normalized spacial score (nSPS) is 19.5. The van der Waals surface area contributed by atoms with Gasteiger partial charge in [0.2, 0.25) is 0 Å². The molecule has 4 nitrogen and oxygen atoms in total. The van der Waals surface area contributed by atoms with Crippen LogP contribution in [0.25, 0.3) is 11.0 Å². The van der Waals surface area contributed by atoms with E-state index in [1.54, 1.807) is 0 Å². The van der Waals surface area contributed by atoms with Gasteiger partial charge < -0.3 is 10.3 Å². The first-order chi connectivity index (χ1) is 9.27. The largest absolute Gasteiger partial charge is 0.331 e. The molecule has 1 fully saturated rings. The number of aromatic nitrogens is 3. The molecular formula is C15H22N4. The maximum atomic E-state index is 6.16. The topological polar surface area (TPSA) is 56.7 Å². The maximum absolute atomic E-state index is 6.16. The van der Waals surface area contributed by atoms with Gasteiger partial charge in [-0.15, -0.1) is 0 Å². The second-order valence-corrected chi connectivity index (χ2v) is 5.76. The Balaban J connectivity index is 2.12. The highest BCUT2D eigenvalue weighted by Gasteiger charge is 2.35. The summed E-state index contributed by atoms with van der Waals surface area (Å²) in [7, 11) is 2.10. The lowest BCUT2D eigenvalue weighted by molar-refractivity contribution is 0.351. The third-order valence-corrected chi connectivity index (χ3v) is 4.61. The monoisotopic (exact) mass is 258 g/mol. The molecule has 0 bridgehead atoms. The van der Waals surface area contributed by atoms with Crippen LogP contribution in [-0.4, -0.2) is 21.1 Å². The molecule has 2 N–H and O–H groups in total. The summed E-state index contributed by atoms with van der Waals surface area (Å²) in [6.45, 7) is 0.692. The predicted molar refractivity (Wildman–Crippen MR) is 76.9 cm³/mol.